The van der Waals surface area contributed by atoms with Crippen molar-refractivity contribution in [2.45, 2.75) is 13.8 Å². The van der Waals surface area contributed by atoms with Gasteiger partial charge in [0.2, 0.25) is 5.69 Å². The summed E-state index contributed by atoms with van der Waals surface area (Å²) in [6.07, 6.45) is 0. The monoisotopic (exact) mass is 275 g/mol. The molecular weight excluding hydrogens is 262 g/mol. The third-order valence-electron chi connectivity index (χ3n) is 2.82. The molecule has 0 N–H and O–H groups in total. The Bertz CT molecular complexity index is 592. The highest BCUT2D eigenvalue weighted by molar-refractivity contribution is 6.30. The molecule has 0 saturated carbocycles. The molecule has 0 amide bonds. The Morgan fingerprint density at radius 2 is 1.84 bits per heavy atom. The molecule has 19 heavy (non-hydrogen) atoms. The standard InChI is InChI=1S/C13H14ClN5/c1-3-18(4-2)13-12(9-15)16-19(17-13)11-7-5-10(14)6-8-11/h5-8H,3-4H2,1-2H3. The van der Waals surface area contributed by atoms with Crippen LogP contribution in [0.1, 0.15) is 19.5 Å². The predicted molar refractivity (Wildman–Crippen MR) is 74.6 cm³/mol. The Hall–Kier alpha value is -2.06. The quantitative estimate of drug-likeness (QED) is 0.861. The van der Waals surface area contributed by atoms with E-state index in [1.807, 2.05) is 30.9 Å². The summed E-state index contributed by atoms with van der Waals surface area (Å²) < 4.78 is 0. The van der Waals surface area contributed by atoms with Crippen molar-refractivity contribution in [3.8, 4) is 11.8 Å². The van der Waals surface area contributed by atoms with Gasteiger partial charge < -0.3 is 4.90 Å². The number of nitrogens with zero attached hydrogens (tertiary/aromatic N) is 5. The second-order valence-corrected chi connectivity index (χ2v) is 4.36. The molecule has 1 aromatic heterocycles. The van der Waals surface area contributed by atoms with E-state index in [0.29, 0.717) is 16.5 Å². The van der Waals surface area contributed by atoms with E-state index in [1.54, 1.807) is 12.1 Å². The topological polar surface area (TPSA) is 57.7 Å². The molecule has 0 saturated heterocycles. The van der Waals surface area contributed by atoms with Gasteiger partial charge in [-0.15, -0.1) is 15.0 Å². The molecule has 0 aliphatic carbocycles. The zero-order valence-electron chi connectivity index (χ0n) is 10.8. The Kier molecular flexibility index (Phi) is 4.03. The predicted octanol–water partition coefficient (Wildman–Crippen LogP) is 2.64. The maximum Gasteiger partial charge on any atom is 0.207 e. The van der Waals surface area contributed by atoms with E-state index in [4.69, 9.17) is 16.9 Å². The summed E-state index contributed by atoms with van der Waals surface area (Å²) in [7, 11) is 0. The summed E-state index contributed by atoms with van der Waals surface area (Å²) in [5.74, 6) is 0.613. The molecule has 0 spiro atoms. The number of benzene rings is 1. The molecule has 0 bridgehead atoms. The molecule has 98 valence electrons. The van der Waals surface area contributed by atoms with Crippen molar-refractivity contribution in [3.05, 3.63) is 35.0 Å². The average molecular weight is 276 g/mol. The molecule has 0 radical (unpaired) electrons. The zero-order valence-corrected chi connectivity index (χ0v) is 11.6. The lowest BCUT2D eigenvalue weighted by molar-refractivity contribution is 0.738. The van der Waals surface area contributed by atoms with E-state index in [-0.39, 0.29) is 0 Å². The van der Waals surface area contributed by atoms with Gasteiger partial charge in [0.1, 0.15) is 6.07 Å². The van der Waals surface area contributed by atoms with Crippen LogP contribution in [0.15, 0.2) is 24.3 Å². The van der Waals surface area contributed by atoms with Gasteiger partial charge in [0.25, 0.3) is 0 Å². The molecular formula is C13H14ClN5. The van der Waals surface area contributed by atoms with Crippen LogP contribution in [0.25, 0.3) is 5.69 Å². The van der Waals surface area contributed by atoms with Crippen molar-refractivity contribution < 1.29 is 0 Å². The van der Waals surface area contributed by atoms with E-state index < -0.39 is 0 Å². The molecule has 2 rings (SSSR count). The fourth-order valence-electron chi connectivity index (χ4n) is 1.80. The highest BCUT2D eigenvalue weighted by Gasteiger charge is 2.16. The smallest absolute Gasteiger partial charge is 0.207 e. The lowest BCUT2D eigenvalue weighted by Crippen LogP contribution is -2.23. The van der Waals surface area contributed by atoms with E-state index in [2.05, 4.69) is 16.3 Å². The highest BCUT2D eigenvalue weighted by Crippen LogP contribution is 2.18. The van der Waals surface area contributed by atoms with Gasteiger partial charge in [0, 0.05) is 18.1 Å². The van der Waals surface area contributed by atoms with Crippen LogP contribution in [0.4, 0.5) is 5.82 Å². The van der Waals surface area contributed by atoms with E-state index >= 15 is 0 Å². The normalized spacial score (nSPS) is 10.2. The first-order valence-electron chi connectivity index (χ1n) is 6.08. The average Bonchev–Trinajstić information content (AvgIpc) is 2.85. The van der Waals surface area contributed by atoms with E-state index in [0.717, 1.165) is 18.8 Å². The van der Waals surface area contributed by atoms with Crippen LogP contribution >= 0.6 is 11.6 Å². The summed E-state index contributed by atoms with van der Waals surface area (Å²) in [5.41, 5.74) is 1.11. The molecule has 1 heterocycles. The Balaban J connectivity index is 2.44. The van der Waals surface area contributed by atoms with Gasteiger partial charge >= 0.3 is 0 Å². The summed E-state index contributed by atoms with van der Waals surface area (Å²) >= 11 is 5.85. The lowest BCUT2D eigenvalue weighted by Gasteiger charge is -2.16. The number of hydrogen-bond donors (Lipinski definition) is 0. The summed E-state index contributed by atoms with van der Waals surface area (Å²) in [6.45, 7) is 5.60. The number of nitriles is 1. The van der Waals surface area contributed by atoms with Gasteiger partial charge in [0.15, 0.2) is 5.82 Å². The third-order valence-corrected chi connectivity index (χ3v) is 3.07. The Labute approximate surface area is 117 Å². The fourth-order valence-corrected chi connectivity index (χ4v) is 1.92. The van der Waals surface area contributed by atoms with Gasteiger partial charge in [-0.3, -0.25) is 0 Å². The maximum absolute atomic E-state index is 9.15. The van der Waals surface area contributed by atoms with Crippen LogP contribution in [0.2, 0.25) is 5.02 Å². The van der Waals surface area contributed by atoms with Crippen molar-refractivity contribution in [2.24, 2.45) is 0 Å². The van der Waals surface area contributed by atoms with Crippen LogP contribution in [-0.2, 0) is 0 Å². The zero-order chi connectivity index (χ0) is 13.8. The first kappa shape index (κ1) is 13.4. The molecule has 6 heteroatoms. The molecule has 5 nitrogen and oxygen atoms in total. The third kappa shape index (κ3) is 2.69. The first-order chi connectivity index (χ1) is 9.19. The summed E-state index contributed by atoms with van der Waals surface area (Å²) in [5, 5.41) is 18.4. The van der Waals surface area contributed by atoms with Crippen LogP contribution in [-0.4, -0.2) is 28.1 Å². The van der Waals surface area contributed by atoms with Gasteiger partial charge in [-0.25, -0.2) is 0 Å². The van der Waals surface area contributed by atoms with Gasteiger partial charge in [0.05, 0.1) is 5.69 Å². The minimum Gasteiger partial charge on any atom is -0.353 e. The van der Waals surface area contributed by atoms with Crippen molar-refractivity contribution in [1.29, 1.82) is 5.26 Å². The molecule has 1 aromatic carbocycles. The largest absolute Gasteiger partial charge is 0.353 e. The molecule has 0 unspecified atom stereocenters. The van der Waals surface area contributed by atoms with Crippen LogP contribution < -0.4 is 4.90 Å². The first-order valence-corrected chi connectivity index (χ1v) is 6.45. The fraction of sp³-hybridized carbons (Fsp3) is 0.308. The second kappa shape index (κ2) is 5.72. The van der Waals surface area contributed by atoms with Crippen molar-refractivity contribution in [3.63, 3.8) is 0 Å². The van der Waals surface area contributed by atoms with Gasteiger partial charge in [-0.1, -0.05) is 11.6 Å². The highest BCUT2D eigenvalue weighted by atomic mass is 35.5. The Morgan fingerprint density at radius 3 is 2.37 bits per heavy atom. The number of hydrogen-bond acceptors (Lipinski definition) is 4. The minimum absolute atomic E-state index is 0.332. The minimum atomic E-state index is 0.332. The Morgan fingerprint density at radius 1 is 1.21 bits per heavy atom. The molecule has 0 atom stereocenters. The number of rotatable bonds is 4. The van der Waals surface area contributed by atoms with E-state index in [1.165, 1.54) is 4.80 Å². The van der Waals surface area contributed by atoms with Crippen molar-refractivity contribution in [2.75, 3.05) is 18.0 Å². The molecule has 0 fully saturated rings. The van der Waals surface area contributed by atoms with Gasteiger partial charge in [-0.05, 0) is 38.1 Å². The van der Waals surface area contributed by atoms with Crippen molar-refractivity contribution in [1.82, 2.24) is 15.0 Å². The number of aromatic nitrogens is 3. The van der Waals surface area contributed by atoms with Crippen LogP contribution in [0, 0.1) is 11.3 Å². The van der Waals surface area contributed by atoms with Crippen LogP contribution in [0.5, 0.6) is 0 Å². The number of anilines is 1. The van der Waals surface area contributed by atoms with E-state index in [9.17, 15) is 0 Å². The maximum atomic E-state index is 9.15. The summed E-state index contributed by atoms with van der Waals surface area (Å²) in [4.78, 5) is 3.46. The summed E-state index contributed by atoms with van der Waals surface area (Å²) in [6, 6.07) is 9.25. The second-order valence-electron chi connectivity index (χ2n) is 3.92. The van der Waals surface area contributed by atoms with Gasteiger partial charge in [-0.2, -0.15) is 5.26 Å². The number of halogens is 1. The molecule has 0 aliphatic heterocycles. The molecule has 0 aliphatic rings. The SMILES string of the molecule is CCN(CC)c1nn(-c2ccc(Cl)cc2)nc1C#N. The van der Waals surface area contributed by atoms with Crippen LogP contribution in [0.3, 0.4) is 0 Å². The molecule has 2 aromatic rings. The lowest BCUT2D eigenvalue weighted by atomic mass is 10.3. The van der Waals surface area contributed by atoms with Crippen molar-refractivity contribution >= 4 is 17.4 Å².